The van der Waals surface area contributed by atoms with Gasteiger partial charge in [0.1, 0.15) is 4.88 Å². The lowest BCUT2D eigenvalue weighted by Gasteiger charge is -2.03. The van der Waals surface area contributed by atoms with Crippen molar-refractivity contribution in [2.45, 2.75) is 24.9 Å². The van der Waals surface area contributed by atoms with Gasteiger partial charge in [-0.25, -0.2) is 4.79 Å². The molecule has 0 amide bonds. The molecule has 1 saturated carbocycles. The summed E-state index contributed by atoms with van der Waals surface area (Å²) in [6.45, 7) is 0. The van der Waals surface area contributed by atoms with Crippen molar-refractivity contribution in [2.75, 3.05) is 7.11 Å². The Hall–Kier alpha value is -0.870. The van der Waals surface area contributed by atoms with Gasteiger partial charge in [-0.15, -0.1) is 11.3 Å². The molecule has 0 radical (unpaired) electrons. The van der Waals surface area contributed by atoms with Crippen molar-refractivity contribution in [3.8, 4) is 0 Å². The van der Waals surface area contributed by atoms with Gasteiger partial charge in [0.2, 0.25) is 0 Å². The van der Waals surface area contributed by atoms with Crippen LogP contribution in [0.15, 0.2) is 12.1 Å². The zero-order valence-electron chi connectivity index (χ0n) is 7.95. The number of thiophene rings is 1. The van der Waals surface area contributed by atoms with E-state index in [4.69, 9.17) is 0 Å². The second-order valence-corrected chi connectivity index (χ2v) is 4.83. The van der Waals surface area contributed by atoms with Crippen LogP contribution in [0.2, 0.25) is 0 Å². The Balaban J connectivity index is 2.06. The molecule has 0 atom stereocenters. The van der Waals surface area contributed by atoms with Crippen LogP contribution in [-0.4, -0.2) is 23.8 Å². The first kappa shape index (κ1) is 9.68. The van der Waals surface area contributed by atoms with Gasteiger partial charge >= 0.3 is 5.97 Å². The van der Waals surface area contributed by atoms with Crippen molar-refractivity contribution in [2.24, 2.45) is 0 Å². The third kappa shape index (κ3) is 1.96. The van der Waals surface area contributed by atoms with Crippen LogP contribution < -0.4 is 0 Å². The minimum Gasteiger partial charge on any atom is -0.465 e. The van der Waals surface area contributed by atoms with Gasteiger partial charge in [0.15, 0.2) is 0 Å². The molecule has 1 aromatic heterocycles. The number of hydrogen-bond acceptors (Lipinski definition) is 4. The van der Waals surface area contributed by atoms with Crippen molar-refractivity contribution in [3.05, 3.63) is 21.9 Å². The number of methoxy groups -OCH3 is 1. The number of carbonyl (C=O) groups is 1. The Morgan fingerprint density at radius 3 is 2.93 bits per heavy atom. The molecule has 1 N–H and O–H groups in total. The van der Waals surface area contributed by atoms with Crippen LogP contribution in [0.5, 0.6) is 0 Å². The van der Waals surface area contributed by atoms with E-state index < -0.39 is 5.60 Å². The largest absolute Gasteiger partial charge is 0.465 e. The summed E-state index contributed by atoms with van der Waals surface area (Å²) in [5.74, 6) is -0.302. The minimum absolute atomic E-state index is 0.302. The Morgan fingerprint density at radius 2 is 2.36 bits per heavy atom. The molecule has 0 saturated heterocycles. The van der Waals surface area contributed by atoms with Crippen molar-refractivity contribution < 1.29 is 14.6 Å². The molecule has 1 aromatic rings. The van der Waals surface area contributed by atoms with E-state index in [1.807, 2.05) is 6.07 Å². The molecule has 76 valence electrons. The maximum atomic E-state index is 11.1. The first-order valence-corrected chi connectivity index (χ1v) is 5.34. The molecule has 1 aliphatic carbocycles. The number of ether oxygens (including phenoxy) is 1. The summed E-state index contributed by atoms with van der Waals surface area (Å²) in [5, 5.41) is 9.68. The van der Waals surface area contributed by atoms with Crippen LogP contribution in [0, 0.1) is 0 Å². The Labute approximate surface area is 86.3 Å². The van der Waals surface area contributed by atoms with E-state index in [0.717, 1.165) is 17.7 Å². The second-order valence-electron chi connectivity index (χ2n) is 3.66. The summed E-state index contributed by atoms with van der Waals surface area (Å²) in [4.78, 5) is 12.8. The number of rotatable bonds is 3. The van der Waals surface area contributed by atoms with Gasteiger partial charge in [-0.1, -0.05) is 0 Å². The molecule has 0 unspecified atom stereocenters. The zero-order chi connectivity index (χ0) is 10.2. The predicted molar refractivity (Wildman–Crippen MR) is 53.5 cm³/mol. The van der Waals surface area contributed by atoms with Gasteiger partial charge in [-0.05, 0) is 25.0 Å². The minimum atomic E-state index is -0.488. The molecule has 1 heterocycles. The van der Waals surface area contributed by atoms with E-state index in [1.165, 1.54) is 18.4 Å². The van der Waals surface area contributed by atoms with Crippen LogP contribution in [0.3, 0.4) is 0 Å². The highest BCUT2D eigenvalue weighted by Gasteiger charge is 2.40. The topological polar surface area (TPSA) is 46.5 Å². The van der Waals surface area contributed by atoms with Crippen LogP contribution in [-0.2, 0) is 11.2 Å². The molecule has 3 nitrogen and oxygen atoms in total. The summed E-state index contributed by atoms with van der Waals surface area (Å²) in [7, 11) is 1.37. The third-order valence-corrected chi connectivity index (χ3v) is 3.44. The number of esters is 1. The summed E-state index contributed by atoms with van der Waals surface area (Å²) in [5.41, 5.74) is -0.488. The summed E-state index contributed by atoms with van der Waals surface area (Å²) >= 11 is 1.40. The molecule has 1 aliphatic rings. The highest BCUT2D eigenvalue weighted by molar-refractivity contribution is 7.13. The fourth-order valence-electron chi connectivity index (χ4n) is 1.33. The quantitative estimate of drug-likeness (QED) is 0.774. The SMILES string of the molecule is COC(=O)c1ccc(CC2(O)CC2)s1. The normalized spacial score (nSPS) is 17.9. The van der Waals surface area contributed by atoms with E-state index in [1.54, 1.807) is 6.07 Å². The van der Waals surface area contributed by atoms with Crippen LogP contribution >= 0.6 is 11.3 Å². The van der Waals surface area contributed by atoms with Gasteiger partial charge in [0, 0.05) is 11.3 Å². The van der Waals surface area contributed by atoms with Gasteiger partial charge in [-0.3, -0.25) is 0 Å². The highest BCUT2D eigenvalue weighted by Crippen LogP contribution is 2.39. The molecule has 0 aliphatic heterocycles. The second kappa shape index (κ2) is 3.37. The fourth-order valence-corrected chi connectivity index (χ4v) is 2.39. The monoisotopic (exact) mass is 212 g/mol. The molecule has 0 spiro atoms. The lowest BCUT2D eigenvalue weighted by atomic mass is 10.2. The zero-order valence-corrected chi connectivity index (χ0v) is 8.76. The van der Waals surface area contributed by atoms with E-state index in [9.17, 15) is 9.90 Å². The molecule has 4 heteroatoms. The summed E-state index contributed by atoms with van der Waals surface area (Å²) < 4.78 is 4.60. The molecule has 2 rings (SSSR count). The predicted octanol–water partition coefficient (Wildman–Crippen LogP) is 1.60. The van der Waals surface area contributed by atoms with Gasteiger partial charge in [0.05, 0.1) is 12.7 Å². The van der Waals surface area contributed by atoms with E-state index in [0.29, 0.717) is 11.3 Å². The Bertz CT molecular complexity index is 352. The number of aliphatic hydroxyl groups is 1. The Kier molecular flexibility index (Phi) is 2.33. The van der Waals surface area contributed by atoms with E-state index >= 15 is 0 Å². The smallest absolute Gasteiger partial charge is 0.348 e. The maximum Gasteiger partial charge on any atom is 0.348 e. The maximum absolute atomic E-state index is 11.1. The first-order valence-electron chi connectivity index (χ1n) is 4.52. The molecular weight excluding hydrogens is 200 g/mol. The van der Waals surface area contributed by atoms with Crippen LogP contribution in [0.25, 0.3) is 0 Å². The van der Waals surface area contributed by atoms with Crippen LogP contribution in [0.4, 0.5) is 0 Å². The lowest BCUT2D eigenvalue weighted by molar-refractivity contribution is 0.0606. The number of hydrogen-bond donors (Lipinski definition) is 1. The lowest BCUT2D eigenvalue weighted by Crippen LogP contribution is -2.09. The van der Waals surface area contributed by atoms with Crippen molar-refractivity contribution in [1.29, 1.82) is 0 Å². The summed E-state index contributed by atoms with van der Waals surface area (Å²) in [6, 6.07) is 3.63. The third-order valence-electron chi connectivity index (χ3n) is 2.38. The average molecular weight is 212 g/mol. The molecule has 1 fully saturated rings. The molecular formula is C10H12O3S. The number of carbonyl (C=O) groups excluding carboxylic acids is 1. The van der Waals surface area contributed by atoms with Crippen LogP contribution in [0.1, 0.15) is 27.4 Å². The molecule has 14 heavy (non-hydrogen) atoms. The van der Waals surface area contributed by atoms with Crippen molar-refractivity contribution >= 4 is 17.3 Å². The average Bonchev–Trinajstić information content (AvgIpc) is 2.71. The van der Waals surface area contributed by atoms with E-state index in [2.05, 4.69) is 4.74 Å². The van der Waals surface area contributed by atoms with Gasteiger partial charge < -0.3 is 9.84 Å². The molecule has 0 aromatic carbocycles. The van der Waals surface area contributed by atoms with Crippen molar-refractivity contribution in [3.63, 3.8) is 0 Å². The highest BCUT2D eigenvalue weighted by atomic mass is 32.1. The Morgan fingerprint density at radius 1 is 1.64 bits per heavy atom. The van der Waals surface area contributed by atoms with Crippen molar-refractivity contribution in [1.82, 2.24) is 0 Å². The van der Waals surface area contributed by atoms with Gasteiger partial charge in [0.25, 0.3) is 0 Å². The fraction of sp³-hybridized carbons (Fsp3) is 0.500. The van der Waals surface area contributed by atoms with Gasteiger partial charge in [-0.2, -0.15) is 0 Å². The molecule has 0 bridgehead atoms. The summed E-state index contributed by atoms with van der Waals surface area (Å²) in [6.07, 6.45) is 2.41. The first-order chi connectivity index (χ1) is 6.63. The van der Waals surface area contributed by atoms with E-state index in [-0.39, 0.29) is 5.97 Å². The standard InChI is InChI=1S/C10H12O3S/c1-13-9(11)8-3-2-7(14-8)6-10(12)4-5-10/h2-3,12H,4-6H2,1H3.